The minimum absolute atomic E-state index is 0.0312. The fourth-order valence-electron chi connectivity index (χ4n) is 2.96. The summed E-state index contributed by atoms with van der Waals surface area (Å²) in [5.41, 5.74) is 5.08. The highest BCUT2D eigenvalue weighted by molar-refractivity contribution is 7.99. The molecule has 1 heterocycles. The number of rotatable bonds is 6. The first-order chi connectivity index (χ1) is 9.51. The summed E-state index contributed by atoms with van der Waals surface area (Å²) in [5.74, 6) is 1.05. The van der Waals surface area contributed by atoms with Crippen LogP contribution in [-0.4, -0.2) is 45.9 Å². The van der Waals surface area contributed by atoms with Gasteiger partial charge in [0.15, 0.2) is 5.84 Å². The maximum Gasteiger partial charge on any atom is 0.236 e. The van der Waals surface area contributed by atoms with Gasteiger partial charge in [-0.05, 0) is 12.8 Å². The summed E-state index contributed by atoms with van der Waals surface area (Å²) in [6.07, 6.45) is 2.93. The second-order valence-corrected chi connectivity index (χ2v) is 7.05. The fourth-order valence-corrected chi connectivity index (χ4v) is 3.97. The lowest BCUT2D eigenvalue weighted by Crippen LogP contribution is -2.54. The number of nitrogens with two attached hydrogens (primary N) is 1. The predicted octanol–water partition coefficient (Wildman–Crippen LogP) is 2.28. The molecule has 0 aromatic carbocycles. The monoisotopic (exact) mass is 301 g/mol. The third kappa shape index (κ3) is 3.59. The van der Waals surface area contributed by atoms with Gasteiger partial charge in [0.2, 0.25) is 5.91 Å². The molecule has 0 aromatic rings. The van der Waals surface area contributed by atoms with Crippen LogP contribution in [0.2, 0.25) is 0 Å². The number of amides is 1. The van der Waals surface area contributed by atoms with Crippen molar-refractivity contribution in [1.29, 1.82) is 0 Å². The van der Waals surface area contributed by atoms with E-state index in [1.165, 1.54) is 0 Å². The molecule has 0 aliphatic carbocycles. The van der Waals surface area contributed by atoms with Gasteiger partial charge in [-0.1, -0.05) is 38.8 Å². The van der Waals surface area contributed by atoms with Crippen LogP contribution in [0.15, 0.2) is 5.16 Å². The average Bonchev–Trinajstić information content (AvgIpc) is 2.45. The van der Waals surface area contributed by atoms with Gasteiger partial charge in [0.1, 0.15) is 5.41 Å². The van der Waals surface area contributed by atoms with Crippen LogP contribution in [0.4, 0.5) is 0 Å². The number of nitrogens with zero attached hydrogens (tertiary/aromatic N) is 2. The smallest absolute Gasteiger partial charge is 0.236 e. The number of hydrogen-bond donors (Lipinski definition) is 2. The molecule has 0 saturated carbocycles. The Morgan fingerprint density at radius 3 is 2.50 bits per heavy atom. The molecule has 1 aliphatic heterocycles. The lowest BCUT2D eigenvalue weighted by molar-refractivity contribution is -0.139. The number of carbonyl (C=O) groups is 1. The molecule has 116 valence electrons. The maximum atomic E-state index is 13.0. The van der Waals surface area contributed by atoms with Crippen molar-refractivity contribution in [3.05, 3.63) is 0 Å². The highest BCUT2D eigenvalue weighted by atomic mass is 32.2. The summed E-state index contributed by atoms with van der Waals surface area (Å²) in [4.78, 5) is 14.9. The van der Waals surface area contributed by atoms with E-state index in [1.54, 1.807) is 0 Å². The molecular weight excluding hydrogens is 274 g/mol. The van der Waals surface area contributed by atoms with E-state index in [1.807, 2.05) is 30.5 Å². The second kappa shape index (κ2) is 7.76. The minimum atomic E-state index is -0.833. The lowest BCUT2D eigenvalue weighted by atomic mass is 9.76. The van der Waals surface area contributed by atoms with Gasteiger partial charge < -0.3 is 15.8 Å². The molecule has 1 atom stereocenters. The zero-order valence-corrected chi connectivity index (χ0v) is 13.6. The van der Waals surface area contributed by atoms with Gasteiger partial charge in [-0.15, -0.1) is 0 Å². The molecule has 0 radical (unpaired) electrons. The normalized spacial score (nSPS) is 21.1. The number of hydrogen-bond acceptors (Lipinski definition) is 4. The molecule has 1 saturated heterocycles. The third-order valence-electron chi connectivity index (χ3n) is 3.89. The summed E-state index contributed by atoms with van der Waals surface area (Å²) in [5, 5.41) is 12.7. The molecule has 5 nitrogen and oxygen atoms in total. The molecule has 6 heteroatoms. The summed E-state index contributed by atoms with van der Waals surface area (Å²) >= 11 is 1.89. The molecular formula is C14H27N3O2S. The van der Waals surface area contributed by atoms with Crippen LogP contribution in [0.5, 0.6) is 0 Å². The van der Waals surface area contributed by atoms with Gasteiger partial charge in [-0.2, -0.15) is 11.8 Å². The van der Waals surface area contributed by atoms with Crippen molar-refractivity contribution in [2.24, 2.45) is 16.3 Å². The van der Waals surface area contributed by atoms with E-state index < -0.39 is 5.41 Å². The van der Waals surface area contributed by atoms with Gasteiger partial charge in [0, 0.05) is 24.1 Å². The lowest BCUT2D eigenvalue weighted by Gasteiger charge is -2.39. The first-order valence-electron chi connectivity index (χ1n) is 7.40. The van der Waals surface area contributed by atoms with Crippen LogP contribution in [0.3, 0.4) is 0 Å². The van der Waals surface area contributed by atoms with Gasteiger partial charge in [-0.3, -0.25) is 4.79 Å². The van der Waals surface area contributed by atoms with E-state index in [-0.39, 0.29) is 11.7 Å². The summed E-state index contributed by atoms with van der Waals surface area (Å²) in [6.45, 7) is 7.68. The minimum Gasteiger partial charge on any atom is -0.409 e. The Kier molecular flexibility index (Phi) is 6.65. The molecule has 1 aliphatic rings. The average molecular weight is 301 g/mol. The number of amidine groups is 1. The van der Waals surface area contributed by atoms with E-state index in [0.29, 0.717) is 18.1 Å². The number of thioether (sulfide) groups is 1. The molecule has 0 bridgehead atoms. The van der Waals surface area contributed by atoms with E-state index in [4.69, 9.17) is 10.9 Å². The van der Waals surface area contributed by atoms with Gasteiger partial charge in [-0.25, -0.2) is 0 Å². The highest BCUT2D eigenvalue weighted by Gasteiger charge is 2.44. The SMILES string of the molecule is CCCC(CCC)(C(=O)N1CCSC(C)C1)C(N)=NO. The van der Waals surface area contributed by atoms with Crippen LogP contribution in [0.25, 0.3) is 0 Å². The van der Waals surface area contributed by atoms with E-state index >= 15 is 0 Å². The zero-order valence-electron chi connectivity index (χ0n) is 12.8. The molecule has 1 fully saturated rings. The van der Waals surface area contributed by atoms with E-state index in [0.717, 1.165) is 31.7 Å². The van der Waals surface area contributed by atoms with Crippen molar-refractivity contribution in [2.45, 2.75) is 51.7 Å². The van der Waals surface area contributed by atoms with Gasteiger partial charge in [0.25, 0.3) is 0 Å². The molecule has 1 rings (SSSR count). The Balaban J connectivity index is 3.04. The molecule has 1 unspecified atom stereocenters. The van der Waals surface area contributed by atoms with E-state index in [9.17, 15) is 4.79 Å². The molecule has 3 N–H and O–H groups in total. The van der Waals surface area contributed by atoms with Crippen LogP contribution in [0.1, 0.15) is 46.5 Å². The molecule has 20 heavy (non-hydrogen) atoms. The first-order valence-corrected chi connectivity index (χ1v) is 8.45. The quantitative estimate of drug-likeness (QED) is 0.341. The standard InChI is InChI=1S/C14H27N3O2S/c1-4-6-14(7-5-2,12(15)16-19)13(18)17-8-9-20-11(3)10-17/h11,19H,4-10H2,1-3H3,(H2,15,16). The Morgan fingerprint density at radius 1 is 1.45 bits per heavy atom. The topological polar surface area (TPSA) is 78.9 Å². The Bertz CT molecular complexity index is 354. The summed E-state index contributed by atoms with van der Waals surface area (Å²) < 4.78 is 0. The Hall–Kier alpha value is -0.910. The van der Waals surface area contributed by atoms with Crippen molar-refractivity contribution >= 4 is 23.5 Å². The van der Waals surface area contributed by atoms with Crippen molar-refractivity contribution < 1.29 is 10.0 Å². The Labute approximate surface area is 126 Å². The van der Waals surface area contributed by atoms with Crippen LogP contribution < -0.4 is 5.73 Å². The van der Waals surface area contributed by atoms with Crippen molar-refractivity contribution in [1.82, 2.24) is 4.90 Å². The first kappa shape index (κ1) is 17.1. The third-order valence-corrected chi connectivity index (χ3v) is 5.03. The highest BCUT2D eigenvalue weighted by Crippen LogP contribution is 2.34. The summed E-state index contributed by atoms with van der Waals surface area (Å²) in [7, 11) is 0. The molecule has 0 spiro atoms. The van der Waals surface area contributed by atoms with Crippen LogP contribution in [0, 0.1) is 5.41 Å². The van der Waals surface area contributed by atoms with Gasteiger partial charge >= 0.3 is 0 Å². The maximum absolute atomic E-state index is 13.0. The zero-order chi connectivity index (χ0) is 15.2. The molecule has 0 aromatic heterocycles. The second-order valence-electron chi connectivity index (χ2n) is 5.50. The Morgan fingerprint density at radius 2 is 2.05 bits per heavy atom. The van der Waals surface area contributed by atoms with Crippen LogP contribution in [-0.2, 0) is 4.79 Å². The fraction of sp³-hybridized carbons (Fsp3) is 0.857. The van der Waals surface area contributed by atoms with E-state index in [2.05, 4.69) is 12.1 Å². The molecule has 1 amide bonds. The van der Waals surface area contributed by atoms with Crippen molar-refractivity contribution in [2.75, 3.05) is 18.8 Å². The van der Waals surface area contributed by atoms with Crippen molar-refractivity contribution in [3.8, 4) is 0 Å². The van der Waals surface area contributed by atoms with Gasteiger partial charge in [0.05, 0.1) is 0 Å². The predicted molar refractivity (Wildman–Crippen MR) is 84.2 cm³/mol. The summed E-state index contributed by atoms with van der Waals surface area (Å²) in [6, 6.07) is 0. The number of carbonyl (C=O) groups excluding carboxylic acids is 1. The number of oxime groups is 1. The largest absolute Gasteiger partial charge is 0.409 e. The van der Waals surface area contributed by atoms with Crippen molar-refractivity contribution in [3.63, 3.8) is 0 Å². The van der Waals surface area contributed by atoms with Crippen LogP contribution >= 0.6 is 11.8 Å².